The molecule has 0 unspecified atom stereocenters. The van der Waals surface area contributed by atoms with Gasteiger partial charge in [-0.15, -0.1) is 5.10 Å². The predicted octanol–water partition coefficient (Wildman–Crippen LogP) is 2.16. The predicted molar refractivity (Wildman–Crippen MR) is 130 cm³/mol. The number of benzene rings is 2. The van der Waals surface area contributed by atoms with Gasteiger partial charge in [0.05, 0.1) is 22.5 Å². The number of H-pyrrole nitrogens is 2. The van der Waals surface area contributed by atoms with Gasteiger partial charge in [-0.05, 0) is 55.8 Å². The fraction of sp³-hybridized carbons (Fsp3) is 0.0769. The first kappa shape index (κ1) is 21.1. The Kier molecular flexibility index (Phi) is 5.18. The van der Waals surface area contributed by atoms with Crippen molar-refractivity contribution in [3.05, 3.63) is 121 Å². The first-order valence-electron chi connectivity index (χ1n) is 10.7. The van der Waals surface area contributed by atoms with Crippen LogP contribution >= 0.6 is 0 Å². The highest BCUT2D eigenvalue weighted by Gasteiger charge is 2.28. The molecule has 0 radical (unpaired) electrons. The summed E-state index contributed by atoms with van der Waals surface area (Å²) >= 11 is 0. The van der Waals surface area contributed by atoms with E-state index in [1.165, 1.54) is 9.69 Å². The van der Waals surface area contributed by atoms with Crippen molar-refractivity contribution in [2.24, 2.45) is 5.10 Å². The summed E-state index contributed by atoms with van der Waals surface area (Å²) in [5, 5.41) is 8.98. The Labute approximate surface area is 193 Å². The smallest absolute Gasteiger partial charge is 0.282 e. The Balaban J connectivity index is 1.52. The number of pyridine rings is 1. The van der Waals surface area contributed by atoms with Crippen molar-refractivity contribution >= 4 is 23.7 Å². The lowest BCUT2D eigenvalue weighted by molar-refractivity contribution is 0.0994. The molecule has 34 heavy (non-hydrogen) atoms. The largest absolute Gasteiger partial charge is 0.304 e. The van der Waals surface area contributed by atoms with Crippen LogP contribution in [-0.4, -0.2) is 20.7 Å². The highest BCUT2D eigenvalue weighted by atomic mass is 16.2. The maximum Gasteiger partial charge on any atom is 0.282 e. The van der Waals surface area contributed by atoms with Crippen LogP contribution in [0.4, 0.5) is 5.69 Å². The number of allylic oxidation sites excluding steroid dienone is 1. The summed E-state index contributed by atoms with van der Waals surface area (Å²) in [4.78, 5) is 41.3. The van der Waals surface area contributed by atoms with E-state index in [0.29, 0.717) is 33.3 Å². The van der Waals surface area contributed by atoms with E-state index in [2.05, 4.69) is 15.2 Å². The molecule has 0 aliphatic carbocycles. The molecule has 0 spiro atoms. The fourth-order valence-corrected chi connectivity index (χ4v) is 4.01. The van der Waals surface area contributed by atoms with E-state index in [4.69, 9.17) is 0 Å². The number of carbonyl (C=O) groups is 1. The van der Waals surface area contributed by atoms with Crippen LogP contribution < -0.4 is 26.8 Å². The molecule has 1 aliphatic heterocycles. The molecule has 0 saturated carbocycles. The topological polar surface area (TPSA) is 103 Å². The summed E-state index contributed by atoms with van der Waals surface area (Å²) in [6.45, 7) is 3.53. The van der Waals surface area contributed by atoms with E-state index >= 15 is 0 Å². The third-order valence-electron chi connectivity index (χ3n) is 5.76. The number of fused-ring (bicyclic) bond motifs is 1. The molecule has 0 saturated heterocycles. The van der Waals surface area contributed by atoms with Gasteiger partial charge in [0.2, 0.25) is 0 Å². The maximum atomic E-state index is 13.0. The monoisotopic (exact) mass is 451 g/mol. The van der Waals surface area contributed by atoms with Crippen LogP contribution in [0.1, 0.15) is 27.2 Å². The van der Waals surface area contributed by atoms with Crippen LogP contribution in [-0.2, 0) is 0 Å². The van der Waals surface area contributed by atoms with E-state index in [1.807, 2.05) is 55.5 Å². The fourth-order valence-electron chi connectivity index (χ4n) is 4.01. The highest BCUT2D eigenvalue weighted by molar-refractivity contribution is 6.07. The molecule has 2 N–H and O–H groups in total. The van der Waals surface area contributed by atoms with E-state index in [-0.39, 0.29) is 22.5 Å². The first-order chi connectivity index (χ1) is 16.5. The van der Waals surface area contributed by atoms with Gasteiger partial charge in [-0.1, -0.05) is 42.5 Å². The van der Waals surface area contributed by atoms with Crippen LogP contribution in [0, 0.1) is 13.8 Å². The molecule has 5 rings (SSSR count). The lowest BCUT2D eigenvalue weighted by Crippen LogP contribution is -2.38. The Hall–Kier alpha value is -4.72. The van der Waals surface area contributed by atoms with Crippen molar-refractivity contribution in [3.8, 4) is 5.69 Å². The number of carbonyl (C=O) groups excluding carboxylic acids is 1. The quantitative estimate of drug-likeness (QED) is 0.497. The number of hydrogen-bond donors (Lipinski definition) is 2. The summed E-state index contributed by atoms with van der Waals surface area (Å²) in [6, 6.07) is 18.3. The molecular weight excluding hydrogens is 430 g/mol. The SMILES string of the molecule is Cc1[nH]n(-c2ccccc2)c(=O)c1C=C/C=c1\c(C)c2c([nH]c1=O)=NN(c1ccccc1)C2=O. The molecule has 3 heterocycles. The number of amides is 1. The van der Waals surface area contributed by atoms with Gasteiger partial charge in [0.25, 0.3) is 17.0 Å². The van der Waals surface area contributed by atoms with Gasteiger partial charge < -0.3 is 4.98 Å². The molecule has 0 atom stereocenters. The van der Waals surface area contributed by atoms with Crippen LogP contribution in [0.25, 0.3) is 17.8 Å². The van der Waals surface area contributed by atoms with Crippen molar-refractivity contribution in [1.29, 1.82) is 0 Å². The summed E-state index contributed by atoms with van der Waals surface area (Å²) in [7, 11) is 0. The minimum absolute atomic E-state index is 0.194. The number of aromatic amines is 2. The van der Waals surface area contributed by atoms with Crippen LogP contribution in [0.2, 0.25) is 0 Å². The van der Waals surface area contributed by atoms with Crippen LogP contribution in [0.3, 0.4) is 0 Å². The zero-order valence-electron chi connectivity index (χ0n) is 18.6. The summed E-state index contributed by atoms with van der Waals surface area (Å²) in [5.74, 6) is -0.305. The zero-order chi connectivity index (χ0) is 23.8. The van der Waals surface area contributed by atoms with Gasteiger partial charge >= 0.3 is 0 Å². The standard InChI is InChI=1S/C26H21N5O3/c1-16-20(14-9-15-21-17(2)28-30(25(21)33)18-10-5-3-6-11-18)24(32)27-23-22(16)26(34)31(29-23)19-12-7-4-8-13-19/h3-15,28H,1-2H3,(H,27,29,32)/b15-9?,20-14+. The third kappa shape index (κ3) is 3.51. The Morgan fingerprint density at radius 3 is 2.21 bits per heavy atom. The van der Waals surface area contributed by atoms with E-state index in [9.17, 15) is 14.4 Å². The van der Waals surface area contributed by atoms with Gasteiger partial charge in [0.1, 0.15) is 0 Å². The number of rotatable bonds is 4. The van der Waals surface area contributed by atoms with Gasteiger partial charge in [-0.2, -0.15) is 5.01 Å². The van der Waals surface area contributed by atoms with E-state index in [1.54, 1.807) is 37.3 Å². The summed E-state index contributed by atoms with van der Waals surface area (Å²) in [6.07, 6.45) is 4.90. The molecule has 8 nitrogen and oxygen atoms in total. The second kappa shape index (κ2) is 8.32. The maximum absolute atomic E-state index is 13.0. The van der Waals surface area contributed by atoms with E-state index in [0.717, 1.165) is 5.69 Å². The Bertz CT molecular complexity index is 1680. The molecule has 8 heteroatoms. The first-order valence-corrected chi connectivity index (χ1v) is 10.7. The third-order valence-corrected chi connectivity index (χ3v) is 5.76. The number of aryl methyl sites for hydroxylation is 1. The summed E-state index contributed by atoms with van der Waals surface area (Å²) in [5.41, 5.74) is 3.10. The Morgan fingerprint density at radius 2 is 1.53 bits per heavy atom. The number of para-hydroxylation sites is 2. The minimum Gasteiger partial charge on any atom is -0.304 e. The molecule has 168 valence electrons. The number of nitrogens with zero attached hydrogens (tertiary/aromatic N) is 3. The van der Waals surface area contributed by atoms with Crippen molar-refractivity contribution in [2.45, 2.75) is 13.8 Å². The van der Waals surface area contributed by atoms with Crippen LogP contribution in [0.15, 0.2) is 81.4 Å². The number of hydrogen-bond acceptors (Lipinski definition) is 4. The molecule has 1 amide bonds. The second-order valence-electron chi connectivity index (χ2n) is 7.92. The average Bonchev–Trinajstić information content (AvgIpc) is 3.32. The average molecular weight is 451 g/mol. The second-order valence-corrected chi connectivity index (χ2v) is 7.92. The molecule has 2 aromatic heterocycles. The molecule has 0 bridgehead atoms. The minimum atomic E-state index is -0.361. The number of anilines is 1. The van der Waals surface area contributed by atoms with Gasteiger partial charge in [0.15, 0.2) is 5.49 Å². The van der Waals surface area contributed by atoms with Gasteiger partial charge in [0, 0.05) is 10.9 Å². The van der Waals surface area contributed by atoms with Crippen LogP contribution in [0.5, 0.6) is 0 Å². The van der Waals surface area contributed by atoms with Crippen molar-refractivity contribution < 1.29 is 4.79 Å². The zero-order valence-corrected chi connectivity index (χ0v) is 18.6. The van der Waals surface area contributed by atoms with Gasteiger partial charge in [-0.25, -0.2) is 4.68 Å². The number of aromatic nitrogens is 3. The molecule has 0 fully saturated rings. The normalized spacial score (nSPS) is 13.5. The van der Waals surface area contributed by atoms with E-state index < -0.39 is 0 Å². The Morgan fingerprint density at radius 1 is 0.882 bits per heavy atom. The van der Waals surface area contributed by atoms with Crippen molar-refractivity contribution in [3.63, 3.8) is 0 Å². The lowest BCUT2D eigenvalue weighted by atomic mass is 10.1. The number of nitrogens with one attached hydrogen (secondary N) is 2. The van der Waals surface area contributed by atoms with Crippen molar-refractivity contribution in [2.75, 3.05) is 5.01 Å². The molecule has 2 aromatic carbocycles. The molecule has 1 aliphatic rings. The lowest BCUT2D eigenvalue weighted by Gasteiger charge is -2.11. The van der Waals surface area contributed by atoms with Crippen molar-refractivity contribution in [1.82, 2.24) is 14.8 Å². The molecule has 4 aromatic rings. The highest BCUT2D eigenvalue weighted by Crippen LogP contribution is 2.19. The summed E-state index contributed by atoms with van der Waals surface area (Å²) < 4.78 is 1.47. The molecular formula is C26H21N5O3. The van der Waals surface area contributed by atoms with Gasteiger partial charge in [-0.3, -0.25) is 19.5 Å².